The van der Waals surface area contributed by atoms with Gasteiger partial charge in [-0.2, -0.15) is 0 Å². The first-order chi connectivity index (χ1) is 16.9. The van der Waals surface area contributed by atoms with Crippen molar-refractivity contribution in [2.75, 3.05) is 23.3 Å². The summed E-state index contributed by atoms with van der Waals surface area (Å²) in [6.45, 7) is 7.04. The molecular formula is C29H29N3O3. The van der Waals surface area contributed by atoms with E-state index in [4.69, 9.17) is 0 Å². The number of carbonyl (C=O) groups is 3. The molecular weight excluding hydrogens is 438 g/mol. The van der Waals surface area contributed by atoms with Gasteiger partial charge in [-0.25, -0.2) is 4.90 Å². The number of rotatable bonds is 5. The van der Waals surface area contributed by atoms with Gasteiger partial charge in [-0.3, -0.25) is 19.3 Å². The molecule has 0 unspecified atom stereocenters. The summed E-state index contributed by atoms with van der Waals surface area (Å²) in [4.78, 5) is 42.7. The van der Waals surface area contributed by atoms with E-state index >= 15 is 0 Å². The number of fused-ring (bicyclic) bond motifs is 1. The van der Waals surface area contributed by atoms with Gasteiger partial charge in [0.25, 0.3) is 17.7 Å². The Balaban J connectivity index is 1.30. The van der Waals surface area contributed by atoms with Gasteiger partial charge >= 0.3 is 0 Å². The summed E-state index contributed by atoms with van der Waals surface area (Å²) in [6.07, 6.45) is 3.82. The first kappa shape index (κ1) is 23.0. The molecule has 1 fully saturated rings. The summed E-state index contributed by atoms with van der Waals surface area (Å²) in [5, 5.41) is 2.90. The minimum Gasteiger partial charge on any atom is -0.322 e. The van der Waals surface area contributed by atoms with Crippen LogP contribution < -0.4 is 10.2 Å². The maximum absolute atomic E-state index is 13.1. The zero-order valence-electron chi connectivity index (χ0n) is 20.1. The Morgan fingerprint density at radius 1 is 0.829 bits per heavy atom. The molecule has 6 heteroatoms. The number of anilines is 2. The van der Waals surface area contributed by atoms with Gasteiger partial charge in [0.15, 0.2) is 0 Å². The highest BCUT2D eigenvalue weighted by atomic mass is 16.2. The van der Waals surface area contributed by atoms with Gasteiger partial charge in [0.2, 0.25) is 0 Å². The molecule has 3 aromatic carbocycles. The van der Waals surface area contributed by atoms with Crippen molar-refractivity contribution in [3.05, 3.63) is 94.0 Å². The molecule has 3 aromatic rings. The summed E-state index contributed by atoms with van der Waals surface area (Å²) in [5.41, 5.74) is 5.29. The molecule has 5 rings (SSSR count). The lowest BCUT2D eigenvalue weighted by molar-refractivity contribution is 0.0925. The maximum atomic E-state index is 13.1. The molecule has 0 aliphatic carbocycles. The van der Waals surface area contributed by atoms with Gasteiger partial charge in [-0.1, -0.05) is 36.2 Å². The van der Waals surface area contributed by atoms with E-state index in [0.29, 0.717) is 22.5 Å². The second kappa shape index (κ2) is 9.47. The van der Waals surface area contributed by atoms with Crippen LogP contribution in [0.3, 0.4) is 0 Å². The Bertz CT molecular complexity index is 1310. The normalized spacial score (nSPS) is 15.9. The molecule has 2 heterocycles. The lowest BCUT2D eigenvalue weighted by Crippen LogP contribution is -2.30. The van der Waals surface area contributed by atoms with Crippen molar-refractivity contribution >= 4 is 29.1 Å². The molecule has 0 bridgehead atoms. The van der Waals surface area contributed by atoms with Crippen LogP contribution in [0, 0.1) is 13.8 Å². The second-order valence-electron chi connectivity index (χ2n) is 9.48. The van der Waals surface area contributed by atoms with Crippen molar-refractivity contribution in [2.24, 2.45) is 0 Å². The van der Waals surface area contributed by atoms with E-state index in [1.54, 1.807) is 18.2 Å². The van der Waals surface area contributed by atoms with Gasteiger partial charge in [-0.15, -0.1) is 0 Å². The van der Waals surface area contributed by atoms with E-state index in [-0.39, 0.29) is 17.4 Å². The van der Waals surface area contributed by atoms with Crippen LogP contribution in [0.2, 0.25) is 0 Å². The molecule has 178 valence electrons. The number of amides is 3. The highest BCUT2D eigenvalue weighted by Gasteiger charge is 2.37. The number of piperidine rings is 1. The molecule has 6 nitrogen and oxygen atoms in total. The highest BCUT2D eigenvalue weighted by Crippen LogP contribution is 2.31. The van der Waals surface area contributed by atoms with Gasteiger partial charge in [0, 0.05) is 17.8 Å². The van der Waals surface area contributed by atoms with E-state index < -0.39 is 5.91 Å². The van der Waals surface area contributed by atoms with E-state index in [2.05, 4.69) is 10.2 Å². The quantitative estimate of drug-likeness (QED) is 0.514. The highest BCUT2D eigenvalue weighted by molar-refractivity contribution is 6.35. The fraction of sp³-hybridized carbons (Fsp3) is 0.276. The Morgan fingerprint density at radius 2 is 1.54 bits per heavy atom. The summed E-state index contributed by atoms with van der Waals surface area (Å²) in [7, 11) is 0. The predicted octanol–water partition coefficient (Wildman–Crippen LogP) is 5.34. The molecule has 0 saturated carbocycles. The number of benzene rings is 3. The van der Waals surface area contributed by atoms with Crippen molar-refractivity contribution in [1.82, 2.24) is 4.90 Å². The topological polar surface area (TPSA) is 69.7 Å². The summed E-state index contributed by atoms with van der Waals surface area (Å²) in [6, 6.07) is 18.2. The number of imide groups is 1. The first-order valence-corrected chi connectivity index (χ1v) is 12.1. The Morgan fingerprint density at radius 3 is 2.26 bits per heavy atom. The van der Waals surface area contributed by atoms with Crippen LogP contribution in [0.1, 0.15) is 67.0 Å². The molecule has 35 heavy (non-hydrogen) atoms. The average molecular weight is 468 g/mol. The van der Waals surface area contributed by atoms with Crippen LogP contribution in [-0.4, -0.2) is 35.7 Å². The number of nitrogens with zero attached hydrogens (tertiary/aromatic N) is 2. The molecule has 0 atom stereocenters. The second-order valence-corrected chi connectivity index (χ2v) is 9.48. The van der Waals surface area contributed by atoms with Crippen molar-refractivity contribution in [1.29, 1.82) is 0 Å². The number of likely N-dealkylation sites (tertiary alicyclic amines) is 1. The molecule has 1 saturated heterocycles. The fourth-order valence-corrected chi connectivity index (χ4v) is 4.93. The van der Waals surface area contributed by atoms with Crippen LogP contribution in [-0.2, 0) is 6.54 Å². The predicted molar refractivity (Wildman–Crippen MR) is 137 cm³/mol. The van der Waals surface area contributed by atoms with Gasteiger partial charge in [-0.05, 0) is 87.3 Å². The van der Waals surface area contributed by atoms with E-state index in [0.717, 1.165) is 30.8 Å². The zero-order chi connectivity index (χ0) is 24.5. The van der Waals surface area contributed by atoms with E-state index in [9.17, 15) is 14.4 Å². The summed E-state index contributed by atoms with van der Waals surface area (Å²) >= 11 is 0. The minimum atomic E-state index is -0.409. The molecule has 3 amide bonds. The smallest absolute Gasteiger partial charge is 0.266 e. The van der Waals surface area contributed by atoms with Gasteiger partial charge in [0.1, 0.15) is 0 Å². The monoisotopic (exact) mass is 467 g/mol. The van der Waals surface area contributed by atoms with E-state index in [1.165, 1.54) is 35.8 Å². The third-order valence-corrected chi connectivity index (χ3v) is 6.81. The molecule has 0 aromatic heterocycles. The lowest BCUT2D eigenvalue weighted by atomic mass is 10.1. The van der Waals surface area contributed by atoms with Crippen LogP contribution in [0.15, 0.2) is 60.7 Å². The third kappa shape index (κ3) is 4.62. The number of carbonyl (C=O) groups excluding carboxylic acids is 3. The third-order valence-electron chi connectivity index (χ3n) is 6.81. The molecule has 1 N–H and O–H groups in total. The summed E-state index contributed by atoms with van der Waals surface area (Å²) < 4.78 is 0. The molecule has 2 aliphatic heterocycles. The number of nitrogens with one attached hydrogen (secondary N) is 1. The van der Waals surface area contributed by atoms with Crippen molar-refractivity contribution in [2.45, 2.75) is 39.7 Å². The zero-order valence-corrected chi connectivity index (χ0v) is 20.1. The van der Waals surface area contributed by atoms with Crippen LogP contribution in [0.4, 0.5) is 11.4 Å². The van der Waals surface area contributed by atoms with Gasteiger partial charge in [0.05, 0.1) is 16.8 Å². The van der Waals surface area contributed by atoms with E-state index in [1.807, 2.05) is 50.2 Å². The van der Waals surface area contributed by atoms with Gasteiger partial charge < -0.3 is 5.32 Å². The van der Waals surface area contributed by atoms with Crippen molar-refractivity contribution in [3.63, 3.8) is 0 Å². The largest absolute Gasteiger partial charge is 0.322 e. The molecule has 0 radical (unpaired) electrons. The number of hydrogen-bond donors (Lipinski definition) is 1. The molecule has 2 aliphatic rings. The number of hydrogen-bond acceptors (Lipinski definition) is 4. The SMILES string of the molecule is Cc1ccc(N2C(=O)c3ccc(C(=O)Nc4ccc(CN5CCCCC5)cc4)cc3C2=O)c(C)c1. The fourth-order valence-electron chi connectivity index (χ4n) is 4.93. The average Bonchev–Trinajstić information content (AvgIpc) is 3.10. The Kier molecular flexibility index (Phi) is 6.22. The Hall–Kier alpha value is -3.77. The van der Waals surface area contributed by atoms with Crippen LogP contribution >= 0.6 is 0 Å². The Labute approximate surface area is 205 Å². The standard InChI is InChI=1S/C29H29N3O3/c1-19-6-13-26(20(2)16-19)32-28(34)24-12-9-22(17-25(24)29(32)35)27(33)30-23-10-7-21(8-11-23)18-31-14-4-3-5-15-31/h6-13,16-17H,3-5,14-15,18H2,1-2H3,(H,30,33). The van der Waals surface area contributed by atoms with Crippen LogP contribution in [0.5, 0.6) is 0 Å². The summed E-state index contributed by atoms with van der Waals surface area (Å²) in [5.74, 6) is -1.09. The van der Waals surface area contributed by atoms with Crippen LogP contribution in [0.25, 0.3) is 0 Å². The van der Waals surface area contributed by atoms with Crippen molar-refractivity contribution < 1.29 is 14.4 Å². The maximum Gasteiger partial charge on any atom is 0.266 e. The first-order valence-electron chi connectivity index (χ1n) is 12.1. The van der Waals surface area contributed by atoms with Crippen molar-refractivity contribution in [3.8, 4) is 0 Å². The minimum absolute atomic E-state index is 0.250. The molecule has 0 spiro atoms. The number of aryl methyl sites for hydroxylation is 2. The lowest BCUT2D eigenvalue weighted by Gasteiger charge is -2.26.